The smallest absolute Gasteiger partial charge is 0.322 e. The molecule has 134 valence electrons. The first-order valence-electron chi connectivity index (χ1n) is 7.94. The molecule has 0 unspecified atom stereocenters. The summed E-state index contributed by atoms with van der Waals surface area (Å²) in [5.41, 5.74) is 1.01. The topological polar surface area (TPSA) is 96.7 Å². The Hall–Kier alpha value is -3.47. The summed E-state index contributed by atoms with van der Waals surface area (Å²) in [6.45, 7) is 0.888. The molecular weight excluding hydrogens is 336 g/mol. The lowest BCUT2D eigenvalue weighted by Crippen LogP contribution is -2.57. The van der Waals surface area contributed by atoms with Crippen molar-refractivity contribution in [2.24, 2.45) is 0 Å². The van der Waals surface area contributed by atoms with Crippen LogP contribution in [0.1, 0.15) is 5.56 Å². The van der Waals surface area contributed by atoms with Crippen LogP contribution < -0.4 is 19.5 Å². The number of pyridine rings is 1. The number of aromatic nitrogens is 1. The van der Waals surface area contributed by atoms with Gasteiger partial charge in [0.25, 0.3) is 0 Å². The van der Waals surface area contributed by atoms with Gasteiger partial charge in [-0.15, -0.1) is 0 Å². The van der Waals surface area contributed by atoms with Crippen molar-refractivity contribution in [2.45, 2.75) is 6.10 Å². The molecule has 8 nitrogen and oxygen atoms in total. The van der Waals surface area contributed by atoms with Crippen LogP contribution in [-0.4, -0.2) is 49.3 Å². The molecule has 26 heavy (non-hydrogen) atoms. The van der Waals surface area contributed by atoms with E-state index in [1.165, 1.54) is 20.4 Å². The predicted molar refractivity (Wildman–Crippen MR) is 93.5 cm³/mol. The highest BCUT2D eigenvalue weighted by molar-refractivity contribution is 5.92. The molecule has 1 aromatic carbocycles. The van der Waals surface area contributed by atoms with Gasteiger partial charge in [0.2, 0.25) is 5.88 Å². The average molecular weight is 354 g/mol. The van der Waals surface area contributed by atoms with Crippen molar-refractivity contribution >= 4 is 11.7 Å². The number of nitrogens with zero attached hydrogens (tertiary/aromatic N) is 3. The molecule has 1 saturated heterocycles. The van der Waals surface area contributed by atoms with E-state index in [1.807, 2.05) is 6.07 Å². The molecule has 0 atom stereocenters. The molecule has 2 heterocycles. The summed E-state index contributed by atoms with van der Waals surface area (Å²) < 4.78 is 16.2. The van der Waals surface area contributed by atoms with Crippen LogP contribution in [0.4, 0.5) is 10.5 Å². The number of likely N-dealkylation sites (tertiary alicyclic amines) is 1. The Morgan fingerprint density at radius 2 is 2.08 bits per heavy atom. The second kappa shape index (κ2) is 7.61. The molecule has 1 fully saturated rings. The van der Waals surface area contributed by atoms with Crippen molar-refractivity contribution in [1.82, 2.24) is 9.88 Å². The van der Waals surface area contributed by atoms with E-state index in [9.17, 15) is 4.79 Å². The molecule has 1 N–H and O–H groups in total. The molecular formula is C18H18N4O4. The van der Waals surface area contributed by atoms with E-state index < -0.39 is 0 Å². The Bertz CT molecular complexity index is 826. The standard InChI is InChI=1S/C18H18N4O4/c1-24-15-5-3-4-14(17(15)25-2)21-18(23)22-10-13(11-22)26-16-7-6-12(8-19)9-20-16/h3-7,9,13H,10-11H2,1-2H3,(H,21,23). The molecule has 8 heteroatoms. The van der Waals surface area contributed by atoms with Crippen LogP contribution >= 0.6 is 0 Å². The first kappa shape index (κ1) is 17.4. The molecule has 1 aliphatic heterocycles. The van der Waals surface area contributed by atoms with Crippen LogP contribution in [-0.2, 0) is 0 Å². The minimum absolute atomic E-state index is 0.131. The van der Waals surface area contributed by atoms with Gasteiger partial charge in [0.1, 0.15) is 12.2 Å². The van der Waals surface area contributed by atoms with Gasteiger partial charge in [-0.2, -0.15) is 5.26 Å². The van der Waals surface area contributed by atoms with Crippen LogP contribution in [0.5, 0.6) is 17.4 Å². The van der Waals surface area contributed by atoms with Gasteiger partial charge >= 0.3 is 6.03 Å². The highest BCUT2D eigenvalue weighted by Gasteiger charge is 2.33. The number of carbonyl (C=O) groups is 1. The van der Waals surface area contributed by atoms with Gasteiger partial charge in [0.15, 0.2) is 11.5 Å². The highest BCUT2D eigenvalue weighted by Crippen LogP contribution is 2.35. The quantitative estimate of drug-likeness (QED) is 0.885. The molecule has 0 aliphatic carbocycles. The van der Waals surface area contributed by atoms with E-state index in [4.69, 9.17) is 19.5 Å². The first-order chi connectivity index (χ1) is 12.6. The number of urea groups is 1. The summed E-state index contributed by atoms with van der Waals surface area (Å²) in [7, 11) is 3.06. The van der Waals surface area contributed by atoms with Gasteiger partial charge in [0.05, 0.1) is 38.6 Å². The zero-order chi connectivity index (χ0) is 18.5. The number of nitrogens with one attached hydrogen (secondary N) is 1. The number of benzene rings is 1. The molecule has 1 aromatic heterocycles. The monoisotopic (exact) mass is 354 g/mol. The van der Waals surface area contributed by atoms with E-state index in [1.54, 1.807) is 35.2 Å². The van der Waals surface area contributed by atoms with E-state index in [0.717, 1.165) is 0 Å². The lowest BCUT2D eigenvalue weighted by atomic mass is 10.2. The second-order valence-corrected chi connectivity index (χ2v) is 5.61. The molecule has 2 amide bonds. The summed E-state index contributed by atoms with van der Waals surface area (Å²) >= 11 is 0. The lowest BCUT2D eigenvalue weighted by molar-refractivity contribution is 0.0460. The third kappa shape index (κ3) is 3.62. The van der Waals surface area contributed by atoms with E-state index in [2.05, 4.69) is 10.3 Å². The van der Waals surface area contributed by atoms with Gasteiger partial charge < -0.3 is 24.4 Å². The fourth-order valence-corrected chi connectivity index (χ4v) is 2.55. The third-order valence-electron chi connectivity index (χ3n) is 3.93. The second-order valence-electron chi connectivity index (χ2n) is 5.61. The fourth-order valence-electron chi connectivity index (χ4n) is 2.55. The van der Waals surface area contributed by atoms with Gasteiger partial charge in [-0.05, 0) is 18.2 Å². The number of anilines is 1. The number of carbonyl (C=O) groups excluding carboxylic acids is 1. The minimum Gasteiger partial charge on any atom is -0.493 e. The molecule has 3 rings (SSSR count). The van der Waals surface area contributed by atoms with Gasteiger partial charge in [0, 0.05) is 12.3 Å². The van der Waals surface area contributed by atoms with Crippen molar-refractivity contribution in [2.75, 3.05) is 32.6 Å². The number of para-hydroxylation sites is 1. The number of ether oxygens (including phenoxy) is 3. The molecule has 0 radical (unpaired) electrons. The predicted octanol–water partition coefficient (Wildman–Crippen LogP) is 2.27. The van der Waals surface area contributed by atoms with Gasteiger partial charge in [-0.25, -0.2) is 9.78 Å². The van der Waals surface area contributed by atoms with Crippen molar-refractivity contribution in [3.05, 3.63) is 42.1 Å². The van der Waals surface area contributed by atoms with Crippen LogP contribution in [0, 0.1) is 11.3 Å². The van der Waals surface area contributed by atoms with Crippen LogP contribution in [0.25, 0.3) is 0 Å². The van der Waals surface area contributed by atoms with Gasteiger partial charge in [-0.1, -0.05) is 6.07 Å². The van der Waals surface area contributed by atoms with Gasteiger partial charge in [-0.3, -0.25) is 0 Å². The number of rotatable bonds is 5. The Balaban J connectivity index is 1.54. The van der Waals surface area contributed by atoms with Crippen molar-refractivity contribution in [3.63, 3.8) is 0 Å². The van der Waals surface area contributed by atoms with Crippen LogP contribution in [0.15, 0.2) is 36.5 Å². The maximum Gasteiger partial charge on any atom is 0.322 e. The Kier molecular flexibility index (Phi) is 5.08. The number of nitriles is 1. The van der Waals surface area contributed by atoms with Crippen molar-refractivity contribution < 1.29 is 19.0 Å². The summed E-state index contributed by atoms with van der Waals surface area (Å²) in [6, 6.07) is 10.3. The Labute approximate surface area is 150 Å². The number of hydrogen-bond acceptors (Lipinski definition) is 6. The van der Waals surface area contributed by atoms with Crippen LogP contribution in [0.2, 0.25) is 0 Å². The Morgan fingerprint density at radius 3 is 2.69 bits per heavy atom. The molecule has 1 aliphatic rings. The number of methoxy groups -OCH3 is 2. The average Bonchev–Trinajstić information content (AvgIpc) is 2.64. The third-order valence-corrected chi connectivity index (χ3v) is 3.93. The zero-order valence-corrected chi connectivity index (χ0v) is 14.4. The molecule has 0 spiro atoms. The number of hydrogen-bond donors (Lipinski definition) is 1. The van der Waals surface area contributed by atoms with E-state index in [0.29, 0.717) is 41.7 Å². The molecule has 0 saturated carbocycles. The summed E-state index contributed by atoms with van der Waals surface area (Å²) in [5, 5.41) is 11.6. The lowest BCUT2D eigenvalue weighted by Gasteiger charge is -2.38. The minimum atomic E-state index is -0.246. The SMILES string of the molecule is COc1cccc(NC(=O)N2CC(Oc3ccc(C#N)cn3)C2)c1OC. The van der Waals surface area contributed by atoms with E-state index in [-0.39, 0.29) is 12.1 Å². The summed E-state index contributed by atoms with van der Waals surface area (Å²) in [4.78, 5) is 18.0. The summed E-state index contributed by atoms with van der Waals surface area (Å²) in [6.07, 6.45) is 1.32. The first-order valence-corrected chi connectivity index (χ1v) is 7.94. The summed E-state index contributed by atoms with van der Waals surface area (Å²) in [5.74, 6) is 1.45. The zero-order valence-electron chi connectivity index (χ0n) is 14.4. The largest absolute Gasteiger partial charge is 0.493 e. The maximum atomic E-state index is 12.4. The number of amides is 2. The van der Waals surface area contributed by atoms with Crippen molar-refractivity contribution in [1.29, 1.82) is 5.26 Å². The van der Waals surface area contributed by atoms with E-state index >= 15 is 0 Å². The Morgan fingerprint density at radius 1 is 1.27 bits per heavy atom. The fraction of sp³-hybridized carbons (Fsp3) is 0.278. The highest BCUT2D eigenvalue weighted by atomic mass is 16.5. The molecule has 2 aromatic rings. The van der Waals surface area contributed by atoms with Crippen molar-refractivity contribution in [3.8, 4) is 23.4 Å². The maximum absolute atomic E-state index is 12.4. The normalized spacial score (nSPS) is 13.3. The molecule has 0 bridgehead atoms. The van der Waals surface area contributed by atoms with Crippen LogP contribution in [0.3, 0.4) is 0 Å².